The number of carbonyl (C=O) groups is 1. The average molecular weight is 462 g/mol. The van der Waals surface area contributed by atoms with Crippen LogP contribution in [0.5, 0.6) is 0 Å². The molecule has 0 spiro atoms. The first-order chi connectivity index (χ1) is 16.1. The van der Waals surface area contributed by atoms with E-state index in [4.69, 9.17) is 11.6 Å². The van der Waals surface area contributed by atoms with E-state index in [2.05, 4.69) is 19.9 Å². The number of carbonyl (C=O) groups excluding carboxylic acids is 1. The Hall–Kier alpha value is -3.42. The van der Waals surface area contributed by atoms with Gasteiger partial charge in [-0.3, -0.25) is 4.79 Å². The van der Waals surface area contributed by atoms with Crippen LogP contribution in [0.15, 0.2) is 66.9 Å². The van der Waals surface area contributed by atoms with Gasteiger partial charge in [0.05, 0.1) is 23.6 Å². The maximum atomic E-state index is 13.0. The van der Waals surface area contributed by atoms with Crippen molar-refractivity contribution >= 4 is 34.4 Å². The summed E-state index contributed by atoms with van der Waals surface area (Å²) in [5.41, 5.74) is 3.49. The third-order valence-electron chi connectivity index (χ3n) is 6.06. The average Bonchev–Trinajstić information content (AvgIpc) is 3.28. The van der Waals surface area contributed by atoms with E-state index >= 15 is 0 Å². The number of nitrogens with one attached hydrogen (secondary N) is 1. The van der Waals surface area contributed by atoms with E-state index in [1.54, 1.807) is 0 Å². The summed E-state index contributed by atoms with van der Waals surface area (Å²) in [7, 11) is 0. The van der Waals surface area contributed by atoms with Crippen LogP contribution < -0.4 is 4.90 Å². The zero-order valence-corrected chi connectivity index (χ0v) is 18.7. The van der Waals surface area contributed by atoms with E-state index in [1.807, 2.05) is 71.8 Å². The summed E-state index contributed by atoms with van der Waals surface area (Å²) in [6.45, 7) is 2.37. The molecule has 33 heavy (non-hydrogen) atoms. The number of amides is 1. The minimum Gasteiger partial charge on any atom is -0.395 e. The molecule has 2 aromatic heterocycles. The Labute approximate surface area is 196 Å². The van der Waals surface area contributed by atoms with Gasteiger partial charge in [-0.2, -0.15) is 0 Å². The summed E-state index contributed by atoms with van der Waals surface area (Å²) in [6, 6.07) is 19.0. The van der Waals surface area contributed by atoms with Crippen LogP contribution in [0.2, 0.25) is 5.02 Å². The van der Waals surface area contributed by atoms with Gasteiger partial charge in [-0.25, -0.2) is 9.97 Å². The van der Waals surface area contributed by atoms with Crippen LogP contribution in [0.3, 0.4) is 0 Å². The van der Waals surface area contributed by atoms with Crippen molar-refractivity contribution in [2.75, 3.05) is 37.7 Å². The Morgan fingerprint density at radius 2 is 1.85 bits per heavy atom. The number of aliphatic hydroxyl groups excluding tert-OH is 1. The fraction of sp³-hybridized carbons (Fsp3) is 0.240. The van der Waals surface area contributed by atoms with E-state index in [0.29, 0.717) is 31.2 Å². The van der Waals surface area contributed by atoms with Gasteiger partial charge in [0.15, 0.2) is 0 Å². The molecule has 0 aliphatic carbocycles. The second kappa shape index (κ2) is 9.21. The highest BCUT2D eigenvalue weighted by atomic mass is 35.5. The number of benzene rings is 2. The van der Waals surface area contributed by atoms with Crippen LogP contribution >= 0.6 is 11.6 Å². The number of rotatable bonds is 5. The Kier molecular flexibility index (Phi) is 5.98. The predicted octanol–water partition coefficient (Wildman–Crippen LogP) is 3.70. The summed E-state index contributed by atoms with van der Waals surface area (Å²) in [5.74, 6) is 1.06. The van der Waals surface area contributed by atoms with Crippen molar-refractivity contribution in [1.82, 2.24) is 19.9 Å². The van der Waals surface area contributed by atoms with Gasteiger partial charge in [-0.1, -0.05) is 41.9 Å². The summed E-state index contributed by atoms with van der Waals surface area (Å²) in [5, 5.41) is 10.5. The molecule has 1 aliphatic rings. The first kappa shape index (κ1) is 21.4. The molecule has 7 nitrogen and oxygen atoms in total. The van der Waals surface area contributed by atoms with Crippen molar-refractivity contribution in [3.05, 3.63) is 77.4 Å². The maximum absolute atomic E-state index is 13.0. The van der Waals surface area contributed by atoms with E-state index < -0.39 is 5.92 Å². The molecule has 4 aromatic rings. The molecule has 0 saturated carbocycles. The Morgan fingerprint density at radius 3 is 2.55 bits per heavy atom. The van der Waals surface area contributed by atoms with Crippen LogP contribution in [-0.4, -0.2) is 63.7 Å². The zero-order chi connectivity index (χ0) is 22.8. The molecule has 2 aromatic carbocycles. The highest BCUT2D eigenvalue weighted by Crippen LogP contribution is 2.25. The molecular weight excluding hydrogens is 438 g/mol. The highest BCUT2D eigenvalue weighted by Gasteiger charge is 2.28. The largest absolute Gasteiger partial charge is 0.395 e. The molecule has 1 saturated heterocycles. The number of piperazine rings is 1. The number of aliphatic hydroxyl groups is 1. The lowest BCUT2D eigenvalue weighted by atomic mass is 9.98. The van der Waals surface area contributed by atoms with Gasteiger partial charge >= 0.3 is 0 Å². The van der Waals surface area contributed by atoms with Crippen LogP contribution in [-0.2, 0) is 4.79 Å². The number of halogens is 1. The molecule has 3 heterocycles. The standard InChI is InChI=1S/C25H24ClN5O2/c26-19-7-8-21-22(14-19)29-24(28-21)18-6-9-23(27-15-18)30-10-12-31(13-11-30)25(33)20(16-32)17-4-2-1-3-5-17/h1-9,14-15,20,32H,10-13,16H2,(H,28,29). The van der Waals surface area contributed by atoms with Crippen LogP contribution in [0.4, 0.5) is 5.82 Å². The smallest absolute Gasteiger partial charge is 0.232 e. The fourth-order valence-corrected chi connectivity index (χ4v) is 4.39. The predicted molar refractivity (Wildman–Crippen MR) is 129 cm³/mol. The summed E-state index contributed by atoms with van der Waals surface area (Å²) in [4.78, 5) is 29.5. The zero-order valence-electron chi connectivity index (χ0n) is 18.0. The topological polar surface area (TPSA) is 85.4 Å². The van der Waals surface area contributed by atoms with Crippen molar-refractivity contribution in [2.45, 2.75) is 5.92 Å². The number of anilines is 1. The van der Waals surface area contributed by atoms with Crippen molar-refractivity contribution in [3.8, 4) is 11.4 Å². The van der Waals surface area contributed by atoms with Crippen molar-refractivity contribution in [3.63, 3.8) is 0 Å². The number of pyridine rings is 1. The lowest BCUT2D eigenvalue weighted by Crippen LogP contribution is -2.50. The van der Waals surface area contributed by atoms with Crippen LogP contribution in [0, 0.1) is 0 Å². The number of hydrogen-bond donors (Lipinski definition) is 2. The third kappa shape index (κ3) is 4.42. The van der Waals surface area contributed by atoms with Gasteiger partial charge in [0.1, 0.15) is 11.6 Å². The monoisotopic (exact) mass is 461 g/mol. The first-order valence-electron chi connectivity index (χ1n) is 10.9. The van der Waals surface area contributed by atoms with Gasteiger partial charge in [-0.15, -0.1) is 0 Å². The Morgan fingerprint density at radius 1 is 1.06 bits per heavy atom. The van der Waals surface area contributed by atoms with Gasteiger partial charge in [0, 0.05) is 43.0 Å². The summed E-state index contributed by atoms with van der Waals surface area (Å²) < 4.78 is 0. The van der Waals surface area contributed by atoms with Crippen LogP contribution in [0.1, 0.15) is 11.5 Å². The molecule has 1 atom stereocenters. The molecule has 5 rings (SSSR count). The molecule has 0 radical (unpaired) electrons. The quantitative estimate of drug-likeness (QED) is 0.473. The number of nitrogens with zero attached hydrogens (tertiary/aromatic N) is 4. The number of aromatic nitrogens is 3. The molecule has 1 unspecified atom stereocenters. The van der Waals surface area contributed by atoms with Gasteiger partial charge < -0.3 is 19.9 Å². The van der Waals surface area contributed by atoms with Gasteiger partial charge in [-0.05, 0) is 35.9 Å². The molecule has 1 aliphatic heterocycles. The molecule has 168 valence electrons. The maximum Gasteiger partial charge on any atom is 0.232 e. The fourth-order valence-electron chi connectivity index (χ4n) is 4.22. The van der Waals surface area contributed by atoms with Gasteiger partial charge in [0.25, 0.3) is 0 Å². The van der Waals surface area contributed by atoms with E-state index in [9.17, 15) is 9.90 Å². The minimum atomic E-state index is -0.520. The minimum absolute atomic E-state index is 0.0309. The normalized spacial score (nSPS) is 15.1. The van der Waals surface area contributed by atoms with E-state index in [1.165, 1.54) is 0 Å². The lowest BCUT2D eigenvalue weighted by molar-refractivity contribution is -0.134. The summed E-state index contributed by atoms with van der Waals surface area (Å²) in [6.07, 6.45) is 1.81. The number of aromatic amines is 1. The first-order valence-corrected chi connectivity index (χ1v) is 11.3. The molecule has 2 N–H and O–H groups in total. The molecule has 8 heteroatoms. The van der Waals surface area contributed by atoms with Crippen molar-refractivity contribution < 1.29 is 9.90 Å². The second-order valence-corrected chi connectivity index (χ2v) is 8.55. The summed E-state index contributed by atoms with van der Waals surface area (Å²) >= 11 is 6.06. The highest BCUT2D eigenvalue weighted by molar-refractivity contribution is 6.31. The number of hydrogen-bond acceptors (Lipinski definition) is 5. The van der Waals surface area contributed by atoms with E-state index in [0.717, 1.165) is 33.8 Å². The SMILES string of the molecule is O=C(C(CO)c1ccccc1)N1CCN(c2ccc(-c3nc4ccc(Cl)cc4[nH]3)cn2)CC1. The van der Waals surface area contributed by atoms with Crippen molar-refractivity contribution in [2.24, 2.45) is 0 Å². The molecule has 1 fully saturated rings. The number of H-pyrrole nitrogens is 1. The third-order valence-corrected chi connectivity index (χ3v) is 6.30. The number of imidazole rings is 1. The second-order valence-electron chi connectivity index (χ2n) is 8.11. The van der Waals surface area contributed by atoms with Crippen LogP contribution in [0.25, 0.3) is 22.4 Å². The van der Waals surface area contributed by atoms with E-state index in [-0.39, 0.29) is 12.5 Å². The van der Waals surface area contributed by atoms with Crippen molar-refractivity contribution in [1.29, 1.82) is 0 Å². The van der Waals surface area contributed by atoms with Gasteiger partial charge in [0.2, 0.25) is 5.91 Å². The molecular formula is C25H24ClN5O2. The molecule has 0 bridgehead atoms. The Bertz CT molecular complexity index is 1250. The molecule has 1 amide bonds. The number of fused-ring (bicyclic) bond motifs is 1. The lowest BCUT2D eigenvalue weighted by Gasteiger charge is -2.37. The Balaban J connectivity index is 1.24.